The van der Waals surface area contributed by atoms with Gasteiger partial charge < -0.3 is 40.3 Å². The highest BCUT2D eigenvalue weighted by Crippen LogP contribution is 2.23. The summed E-state index contributed by atoms with van der Waals surface area (Å²) in [4.78, 5) is 12.9. The molecule has 0 bridgehead atoms. The number of carbonyl (C=O) groups is 1. The molecule has 1 saturated heterocycles. The average molecular weight is 786 g/mol. The Morgan fingerprint density at radius 2 is 0.909 bits per heavy atom. The summed E-state index contributed by atoms with van der Waals surface area (Å²) < 4.78 is 11.2. The largest absolute Gasteiger partial charge is 0.394 e. The molecule has 9 heteroatoms. The van der Waals surface area contributed by atoms with Gasteiger partial charge in [0.2, 0.25) is 5.91 Å². The van der Waals surface area contributed by atoms with Crippen molar-refractivity contribution >= 4 is 5.91 Å². The van der Waals surface area contributed by atoms with E-state index in [1.165, 1.54) is 167 Å². The van der Waals surface area contributed by atoms with Gasteiger partial charge in [-0.1, -0.05) is 213 Å². The van der Waals surface area contributed by atoms with Crippen LogP contribution >= 0.6 is 0 Å². The smallest absolute Gasteiger partial charge is 0.220 e. The molecule has 0 aromatic carbocycles. The summed E-state index contributed by atoms with van der Waals surface area (Å²) in [5.41, 5.74) is 0. The number of ether oxygens (including phenoxy) is 2. The fraction of sp³-hybridized carbons (Fsp3) is 0.978. The van der Waals surface area contributed by atoms with Crippen molar-refractivity contribution in [1.82, 2.24) is 5.32 Å². The lowest BCUT2D eigenvalue weighted by atomic mass is 9.99. The third-order valence-corrected chi connectivity index (χ3v) is 11.7. The molecular weight excluding hydrogens is 695 g/mol. The van der Waals surface area contributed by atoms with E-state index in [9.17, 15) is 30.3 Å². The molecule has 9 nitrogen and oxygen atoms in total. The summed E-state index contributed by atoms with van der Waals surface area (Å²) in [6.07, 6.45) is 34.3. The van der Waals surface area contributed by atoms with E-state index >= 15 is 0 Å². The summed E-state index contributed by atoms with van der Waals surface area (Å²) >= 11 is 0. The molecule has 1 fully saturated rings. The van der Waals surface area contributed by atoms with Crippen molar-refractivity contribution in [3.63, 3.8) is 0 Å². The Kier molecular flexibility index (Phi) is 35.6. The molecule has 1 amide bonds. The zero-order valence-electron chi connectivity index (χ0n) is 36.0. The van der Waals surface area contributed by atoms with Gasteiger partial charge in [0.15, 0.2) is 6.29 Å². The van der Waals surface area contributed by atoms with Gasteiger partial charge in [0.25, 0.3) is 0 Å². The minimum atomic E-state index is -1.55. The Labute approximate surface area is 338 Å². The van der Waals surface area contributed by atoms with Crippen LogP contribution in [-0.2, 0) is 14.3 Å². The maximum Gasteiger partial charge on any atom is 0.220 e. The monoisotopic (exact) mass is 786 g/mol. The molecule has 7 atom stereocenters. The third-order valence-electron chi connectivity index (χ3n) is 11.7. The minimum absolute atomic E-state index is 0.133. The lowest BCUT2D eigenvalue weighted by Crippen LogP contribution is -2.60. The maximum atomic E-state index is 12.9. The van der Waals surface area contributed by atoms with Crippen molar-refractivity contribution in [3.8, 4) is 0 Å². The first kappa shape index (κ1) is 52.2. The van der Waals surface area contributed by atoms with Crippen LogP contribution in [0.5, 0.6) is 0 Å². The molecule has 55 heavy (non-hydrogen) atoms. The van der Waals surface area contributed by atoms with Crippen LogP contribution in [0.1, 0.15) is 232 Å². The Morgan fingerprint density at radius 1 is 0.545 bits per heavy atom. The van der Waals surface area contributed by atoms with Gasteiger partial charge >= 0.3 is 0 Å². The fourth-order valence-electron chi connectivity index (χ4n) is 7.87. The first-order valence-corrected chi connectivity index (χ1v) is 23.7. The number of amides is 1. The number of hydrogen-bond acceptors (Lipinski definition) is 8. The molecule has 1 aliphatic heterocycles. The third kappa shape index (κ3) is 28.3. The maximum absolute atomic E-state index is 12.9. The van der Waals surface area contributed by atoms with Gasteiger partial charge in [0, 0.05) is 6.42 Å². The molecule has 1 heterocycles. The SMILES string of the molecule is CCCCCCCCCCCCCCCCCCCCCCCCCCC(=O)NC(COC1OC(CO)C(O)C(O)C1O)C(O)CCCCCCCCCC. The number of rotatable bonds is 40. The van der Waals surface area contributed by atoms with Gasteiger partial charge in [-0.15, -0.1) is 0 Å². The number of hydrogen-bond donors (Lipinski definition) is 6. The minimum Gasteiger partial charge on any atom is -0.394 e. The van der Waals surface area contributed by atoms with Crippen molar-refractivity contribution in [1.29, 1.82) is 0 Å². The Morgan fingerprint density at radius 3 is 1.29 bits per heavy atom. The molecule has 6 N–H and O–H groups in total. The van der Waals surface area contributed by atoms with Crippen LogP contribution in [0.15, 0.2) is 0 Å². The second kappa shape index (κ2) is 37.5. The van der Waals surface area contributed by atoms with Crippen molar-refractivity contribution in [3.05, 3.63) is 0 Å². The Bertz CT molecular complexity index is 832. The van der Waals surface area contributed by atoms with Crippen LogP contribution in [0.3, 0.4) is 0 Å². The van der Waals surface area contributed by atoms with Crippen LogP contribution in [-0.4, -0.2) is 87.5 Å². The van der Waals surface area contributed by atoms with E-state index in [0.717, 1.165) is 38.5 Å². The Hall–Kier alpha value is -0.810. The molecule has 1 rings (SSSR count). The average Bonchev–Trinajstić information content (AvgIpc) is 3.18. The van der Waals surface area contributed by atoms with Crippen molar-refractivity contribution < 1.29 is 39.8 Å². The number of unbranched alkanes of at least 4 members (excludes halogenated alkanes) is 30. The molecule has 1 aliphatic rings. The molecule has 0 aromatic rings. The predicted octanol–water partition coefficient (Wildman–Crippen LogP) is 9.95. The highest BCUT2D eigenvalue weighted by atomic mass is 16.7. The zero-order valence-corrected chi connectivity index (χ0v) is 36.0. The molecule has 7 unspecified atom stereocenters. The van der Waals surface area contributed by atoms with Gasteiger partial charge in [0.1, 0.15) is 24.4 Å². The van der Waals surface area contributed by atoms with Crippen LogP contribution in [0, 0.1) is 0 Å². The number of aliphatic hydroxyl groups is 5. The lowest BCUT2D eigenvalue weighted by Gasteiger charge is -2.40. The number of nitrogens with one attached hydrogen (secondary N) is 1. The van der Waals surface area contributed by atoms with E-state index < -0.39 is 49.5 Å². The molecule has 0 aromatic heterocycles. The van der Waals surface area contributed by atoms with Crippen LogP contribution in [0.4, 0.5) is 0 Å². The lowest BCUT2D eigenvalue weighted by molar-refractivity contribution is -0.302. The predicted molar refractivity (Wildman–Crippen MR) is 226 cm³/mol. The van der Waals surface area contributed by atoms with Gasteiger partial charge in [0.05, 0.1) is 25.4 Å². The standard InChI is InChI=1S/C46H91NO8/c1-3-5-7-9-11-13-14-15-16-17-18-19-20-21-22-23-24-25-26-27-28-30-32-34-36-42(50)47-39(40(49)35-33-31-29-12-10-8-6-4-2)38-54-46-45(53)44(52)43(51)41(37-48)55-46/h39-41,43-46,48-49,51-53H,3-38H2,1-2H3,(H,47,50). The first-order chi connectivity index (χ1) is 26.8. The first-order valence-electron chi connectivity index (χ1n) is 23.7. The molecule has 0 aliphatic carbocycles. The number of aliphatic hydroxyl groups excluding tert-OH is 5. The van der Waals surface area contributed by atoms with Gasteiger partial charge in [-0.3, -0.25) is 4.79 Å². The van der Waals surface area contributed by atoms with Crippen LogP contribution in [0.25, 0.3) is 0 Å². The van der Waals surface area contributed by atoms with Crippen LogP contribution < -0.4 is 5.32 Å². The summed E-state index contributed by atoms with van der Waals surface area (Å²) in [6, 6.07) is -0.709. The van der Waals surface area contributed by atoms with Crippen molar-refractivity contribution in [2.75, 3.05) is 13.2 Å². The second-order valence-electron chi connectivity index (χ2n) is 16.9. The highest BCUT2D eigenvalue weighted by Gasteiger charge is 2.44. The van der Waals surface area contributed by atoms with Gasteiger partial charge in [-0.25, -0.2) is 0 Å². The molecule has 0 spiro atoms. The van der Waals surface area contributed by atoms with Crippen molar-refractivity contribution in [2.24, 2.45) is 0 Å². The topological polar surface area (TPSA) is 149 Å². The zero-order chi connectivity index (χ0) is 40.2. The van der Waals surface area contributed by atoms with E-state index in [1.54, 1.807) is 0 Å². The fourth-order valence-corrected chi connectivity index (χ4v) is 7.87. The summed E-state index contributed by atoms with van der Waals surface area (Å²) in [5.74, 6) is -0.142. The second-order valence-corrected chi connectivity index (χ2v) is 16.9. The van der Waals surface area contributed by atoms with E-state index in [0.29, 0.717) is 12.8 Å². The summed E-state index contributed by atoms with van der Waals surface area (Å²) in [7, 11) is 0. The molecule has 0 saturated carbocycles. The van der Waals surface area contributed by atoms with Gasteiger partial charge in [-0.05, 0) is 12.8 Å². The van der Waals surface area contributed by atoms with E-state index in [-0.39, 0.29) is 12.5 Å². The normalized spacial score (nSPS) is 21.2. The molecular formula is C46H91NO8. The quantitative estimate of drug-likeness (QED) is 0.0337. The van der Waals surface area contributed by atoms with E-state index in [4.69, 9.17) is 9.47 Å². The van der Waals surface area contributed by atoms with E-state index in [2.05, 4.69) is 19.2 Å². The van der Waals surface area contributed by atoms with Gasteiger partial charge in [-0.2, -0.15) is 0 Å². The summed E-state index contributed by atoms with van der Waals surface area (Å²) in [6.45, 7) is 3.81. The highest BCUT2D eigenvalue weighted by molar-refractivity contribution is 5.76. The number of carbonyl (C=O) groups excluding carboxylic acids is 1. The van der Waals surface area contributed by atoms with E-state index in [1.807, 2.05) is 0 Å². The summed E-state index contributed by atoms with van der Waals surface area (Å²) in [5, 5.41) is 54.1. The molecule has 328 valence electrons. The van der Waals surface area contributed by atoms with Crippen LogP contribution in [0.2, 0.25) is 0 Å². The molecule has 0 radical (unpaired) electrons. The Balaban J connectivity index is 2.16. The van der Waals surface area contributed by atoms with Crippen molar-refractivity contribution in [2.45, 2.75) is 275 Å².